The van der Waals surface area contributed by atoms with E-state index < -0.39 is 0 Å². The van der Waals surface area contributed by atoms with Crippen LogP contribution in [0.3, 0.4) is 0 Å². The van der Waals surface area contributed by atoms with Crippen LogP contribution < -0.4 is 0 Å². The lowest BCUT2D eigenvalue weighted by Crippen LogP contribution is -2.21. The predicted molar refractivity (Wildman–Crippen MR) is 59.8 cm³/mol. The number of aliphatic hydroxyl groups is 1. The summed E-state index contributed by atoms with van der Waals surface area (Å²) in [6, 6.07) is 0. The van der Waals surface area contributed by atoms with E-state index >= 15 is 0 Å². The predicted octanol–water partition coefficient (Wildman–Crippen LogP) is 2.73. The number of hydrogen-bond donors (Lipinski definition) is 1. The maximum absolute atomic E-state index is 9.20. The summed E-state index contributed by atoms with van der Waals surface area (Å²) >= 11 is 4.95. The van der Waals surface area contributed by atoms with Gasteiger partial charge in [-0.2, -0.15) is 0 Å². The molecule has 0 radical (unpaired) electrons. The Morgan fingerprint density at radius 1 is 1.10 bits per heavy atom. The molecule has 0 saturated heterocycles. The van der Waals surface area contributed by atoms with Gasteiger partial charge in [0, 0.05) is 0 Å². The molecule has 0 spiro atoms. The van der Waals surface area contributed by atoms with Gasteiger partial charge in [0.25, 0.3) is 0 Å². The molecule has 60 valence electrons. The van der Waals surface area contributed by atoms with Crippen LogP contribution in [-0.2, 0) is 0 Å². The molecule has 0 aromatic heterocycles. The van der Waals surface area contributed by atoms with Gasteiger partial charge >= 0.3 is 0 Å². The van der Waals surface area contributed by atoms with E-state index in [2.05, 4.69) is 45.2 Å². The summed E-state index contributed by atoms with van der Waals surface area (Å²) in [5, 5.41) is 9.20. The van der Waals surface area contributed by atoms with Gasteiger partial charge in [-0.15, -0.1) is 0 Å². The van der Waals surface area contributed by atoms with Crippen molar-refractivity contribution >= 4 is 45.2 Å². The average molecular weight is 366 g/mol. The van der Waals surface area contributed by atoms with E-state index in [0.717, 1.165) is 20.7 Å². The van der Waals surface area contributed by atoms with Crippen LogP contribution in [0.2, 0.25) is 0 Å². The molecule has 0 unspecified atom stereocenters. The van der Waals surface area contributed by atoms with Crippen molar-refractivity contribution in [1.82, 2.24) is 0 Å². The molecule has 1 rings (SSSR count). The second-order valence-corrected chi connectivity index (χ2v) is 7.97. The maximum atomic E-state index is 9.20. The summed E-state index contributed by atoms with van der Waals surface area (Å²) in [5.74, 6) is 0.851. The molecule has 1 fully saturated rings. The van der Waals surface area contributed by atoms with E-state index in [1.165, 1.54) is 12.8 Å². The van der Waals surface area contributed by atoms with Crippen LogP contribution in [0.15, 0.2) is 0 Å². The number of alkyl halides is 2. The van der Waals surface area contributed by atoms with Crippen molar-refractivity contribution in [2.45, 2.75) is 33.7 Å². The summed E-state index contributed by atoms with van der Waals surface area (Å²) in [6.45, 7) is 0. The summed E-state index contributed by atoms with van der Waals surface area (Å²) in [7, 11) is 0. The van der Waals surface area contributed by atoms with Gasteiger partial charge < -0.3 is 5.11 Å². The van der Waals surface area contributed by atoms with Crippen molar-refractivity contribution in [2.24, 2.45) is 5.92 Å². The molecule has 1 saturated carbocycles. The summed E-state index contributed by atoms with van der Waals surface area (Å²) in [6.07, 6.45) is 4.48. The normalized spacial score (nSPS) is 34.8. The van der Waals surface area contributed by atoms with Gasteiger partial charge in [0.15, 0.2) is 0 Å². The Morgan fingerprint density at radius 2 is 1.60 bits per heavy atom. The SMILES string of the molecule is OC1CCC(C(I)I)CC1. The minimum atomic E-state index is 0.00259. The van der Waals surface area contributed by atoms with Crippen LogP contribution in [0.25, 0.3) is 0 Å². The smallest absolute Gasteiger partial charge is 0.0654 e. The van der Waals surface area contributed by atoms with Gasteiger partial charge in [-0.05, 0) is 31.6 Å². The third-order valence-corrected chi connectivity index (χ3v) is 4.13. The van der Waals surface area contributed by atoms with Crippen molar-refractivity contribution < 1.29 is 5.11 Å². The highest BCUT2D eigenvalue weighted by atomic mass is 127. The van der Waals surface area contributed by atoms with Crippen LogP contribution in [-0.4, -0.2) is 13.1 Å². The molecule has 0 atom stereocenters. The highest BCUT2D eigenvalue weighted by molar-refractivity contribution is 14.2. The zero-order chi connectivity index (χ0) is 7.56. The first kappa shape index (κ1) is 9.51. The Kier molecular flexibility index (Phi) is 4.23. The van der Waals surface area contributed by atoms with E-state index in [1.54, 1.807) is 0 Å². The Labute approximate surface area is 89.2 Å². The Hall–Kier alpha value is 1.42. The second-order valence-electron chi connectivity index (χ2n) is 2.90. The van der Waals surface area contributed by atoms with Crippen LogP contribution >= 0.6 is 45.2 Å². The van der Waals surface area contributed by atoms with E-state index in [4.69, 9.17) is 0 Å². The van der Waals surface area contributed by atoms with Gasteiger partial charge in [-0.25, -0.2) is 0 Å². The summed E-state index contributed by atoms with van der Waals surface area (Å²) < 4.78 is 0.752. The lowest BCUT2D eigenvalue weighted by molar-refractivity contribution is 0.113. The minimum Gasteiger partial charge on any atom is -0.393 e. The molecule has 1 aliphatic carbocycles. The molecule has 1 nitrogen and oxygen atoms in total. The first-order valence-electron chi connectivity index (χ1n) is 3.66. The Balaban J connectivity index is 2.26. The number of aliphatic hydroxyl groups excluding tert-OH is 1. The fourth-order valence-corrected chi connectivity index (χ4v) is 2.79. The Morgan fingerprint density at radius 3 is 2.00 bits per heavy atom. The number of rotatable bonds is 1. The first-order chi connectivity index (χ1) is 4.70. The molecule has 3 heteroatoms. The third-order valence-electron chi connectivity index (χ3n) is 2.10. The van der Waals surface area contributed by atoms with Crippen LogP contribution in [0.4, 0.5) is 0 Å². The lowest BCUT2D eigenvalue weighted by atomic mass is 9.89. The van der Waals surface area contributed by atoms with Crippen molar-refractivity contribution in [2.75, 3.05) is 0 Å². The fourth-order valence-electron chi connectivity index (χ4n) is 1.35. The topological polar surface area (TPSA) is 20.2 Å². The molecule has 1 N–H and O–H groups in total. The molecule has 0 aromatic carbocycles. The number of hydrogen-bond acceptors (Lipinski definition) is 1. The number of halogens is 2. The largest absolute Gasteiger partial charge is 0.393 e. The van der Waals surface area contributed by atoms with E-state index in [1.807, 2.05) is 0 Å². The molecular weight excluding hydrogens is 354 g/mol. The van der Waals surface area contributed by atoms with Crippen LogP contribution in [0.1, 0.15) is 25.7 Å². The van der Waals surface area contributed by atoms with Crippen molar-refractivity contribution in [3.63, 3.8) is 0 Å². The van der Waals surface area contributed by atoms with Crippen molar-refractivity contribution in [3.05, 3.63) is 0 Å². The Bertz CT molecular complexity index is 97.8. The van der Waals surface area contributed by atoms with Gasteiger partial charge in [0.05, 0.1) is 8.04 Å². The molecule has 0 aliphatic heterocycles. The molecule has 0 bridgehead atoms. The minimum absolute atomic E-state index is 0.00259. The molecular formula is C7H12I2O. The lowest BCUT2D eigenvalue weighted by Gasteiger charge is -2.26. The van der Waals surface area contributed by atoms with Crippen molar-refractivity contribution in [1.29, 1.82) is 0 Å². The molecule has 0 amide bonds. The van der Waals surface area contributed by atoms with Gasteiger partial charge in [-0.3, -0.25) is 0 Å². The zero-order valence-corrected chi connectivity index (χ0v) is 10.1. The molecule has 0 heterocycles. The van der Waals surface area contributed by atoms with E-state index in [0.29, 0.717) is 0 Å². The third kappa shape index (κ3) is 2.81. The summed E-state index contributed by atoms with van der Waals surface area (Å²) in [5.41, 5.74) is 0. The second kappa shape index (κ2) is 4.45. The quantitative estimate of drug-likeness (QED) is 0.559. The first-order valence-corrected chi connectivity index (χ1v) is 6.15. The van der Waals surface area contributed by atoms with Gasteiger partial charge in [0.1, 0.15) is 0 Å². The summed E-state index contributed by atoms with van der Waals surface area (Å²) in [4.78, 5) is 0. The molecule has 0 aromatic rings. The standard InChI is InChI=1S/C7H12I2O/c8-7(9)5-1-3-6(10)4-2-5/h5-7,10H,1-4H2. The van der Waals surface area contributed by atoms with Gasteiger partial charge in [-0.1, -0.05) is 45.2 Å². The molecule has 10 heavy (non-hydrogen) atoms. The van der Waals surface area contributed by atoms with Crippen LogP contribution in [0.5, 0.6) is 0 Å². The van der Waals surface area contributed by atoms with E-state index in [-0.39, 0.29) is 6.10 Å². The van der Waals surface area contributed by atoms with E-state index in [9.17, 15) is 5.11 Å². The highest BCUT2D eigenvalue weighted by Crippen LogP contribution is 2.33. The monoisotopic (exact) mass is 366 g/mol. The van der Waals surface area contributed by atoms with Crippen LogP contribution in [0, 0.1) is 5.92 Å². The van der Waals surface area contributed by atoms with Gasteiger partial charge in [0.2, 0.25) is 0 Å². The van der Waals surface area contributed by atoms with Crippen molar-refractivity contribution in [3.8, 4) is 0 Å². The molecule has 1 aliphatic rings. The average Bonchev–Trinajstić information content (AvgIpc) is 1.88. The maximum Gasteiger partial charge on any atom is 0.0654 e. The highest BCUT2D eigenvalue weighted by Gasteiger charge is 2.22. The fraction of sp³-hybridized carbons (Fsp3) is 1.00. The zero-order valence-electron chi connectivity index (χ0n) is 5.76.